The number of hydrogen-bond acceptors (Lipinski definition) is 5. The largest absolute Gasteiger partial charge is 0.395 e. The Hall–Kier alpha value is -1.34. The molecule has 1 N–H and O–H groups in total. The highest BCUT2D eigenvalue weighted by molar-refractivity contribution is 7.99. The van der Waals surface area contributed by atoms with Crippen LogP contribution in [-0.4, -0.2) is 51.4 Å². The van der Waals surface area contributed by atoms with Crippen LogP contribution in [0.25, 0.3) is 0 Å². The first-order valence-corrected chi connectivity index (χ1v) is 8.07. The highest BCUT2D eigenvalue weighted by Crippen LogP contribution is 2.26. The Kier molecular flexibility index (Phi) is 5.05. The SMILES string of the molecule is CCc1c(C)nc2n(c1=O)CC(C(=O)N(C)CCO)CS2. The van der Waals surface area contributed by atoms with Crippen LogP contribution < -0.4 is 5.56 Å². The van der Waals surface area contributed by atoms with E-state index < -0.39 is 0 Å². The molecule has 0 radical (unpaired) electrons. The Labute approximate surface area is 128 Å². The van der Waals surface area contributed by atoms with Gasteiger partial charge in [0.2, 0.25) is 5.91 Å². The van der Waals surface area contributed by atoms with Crippen molar-refractivity contribution in [2.24, 2.45) is 5.92 Å². The lowest BCUT2D eigenvalue weighted by Crippen LogP contribution is -2.42. The van der Waals surface area contributed by atoms with Gasteiger partial charge in [-0.2, -0.15) is 0 Å². The molecule has 1 aromatic rings. The molecule has 0 saturated heterocycles. The van der Waals surface area contributed by atoms with Crippen molar-refractivity contribution in [3.8, 4) is 0 Å². The zero-order valence-corrected chi connectivity index (χ0v) is 13.4. The molecule has 0 aromatic carbocycles. The molecule has 2 rings (SSSR count). The second-order valence-corrected chi connectivity index (χ2v) is 6.21. The van der Waals surface area contributed by atoms with Crippen molar-refractivity contribution < 1.29 is 9.90 Å². The summed E-state index contributed by atoms with van der Waals surface area (Å²) < 4.78 is 1.62. The van der Waals surface area contributed by atoms with Crippen molar-refractivity contribution in [2.45, 2.75) is 32.0 Å². The van der Waals surface area contributed by atoms with E-state index in [2.05, 4.69) is 4.98 Å². The van der Waals surface area contributed by atoms with E-state index in [9.17, 15) is 9.59 Å². The molecule has 1 aliphatic rings. The summed E-state index contributed by atoms with van der Waals surface area (Å²) >= 11 is 1.45. The third-order valence-corrected chi connectivity index (χ3v) is 4.90. The maximum atomic E-state index is 12.5. The molecule has 1 aliphatic heterocycles. The van der Waals surface area contributed by atoms with Crippen molar-refractivity contribution in [1.82, 2.24) is 14.5 Å². The Morgan fingerprint density at radius 1 is 1.57 bits per heavy atom. The zero-order chi connectivity index (χ0) is 15.6. The van der Waals surface area contributed by atoms with Crippen molar-refractivity contribution in [2.75, 3.05) is 26.0 Å². The van der Waals surface area contributed by atoms with Gasteiger partial charge in [-0.3, -0.25) is 14.2 Å². The van der Waals surface area contributed by atoms with Crippen LogP contribution >= 0.6 is 11.8 Å². The Bertz CT molecular complexity index is 600. The first-order chi connectivity index (χ1) is 9.99. The second kappa shape index (κ2) is 6.62. The number of rotatable bonds is 4. The smallest absolute Gasteiger partial charge is 0.257 e. The molecule has 1 unspecified atom stereocenters. The Balaban J connectivity index is 2.28. The number of aliphatic hydroxyl groups excluding tert-OH is 1. The normalized spacial score (nSPS) is 17.4. The number of nitrogens with zero attached hydrogens (tertiary/aromatic N) is 3. The van der Waals surface area contributed by atoms with Crippen molar-refractivity contribution in [3.63, 3.8) is 0 Å². The van der Waals surface area contributed by atoms with Crippen LogP contribution in [0.3, 0.4) is 0 Å². The fraction of sp³-hybridized carbons (Fsp3) is 0.643. The van der Waals surface area contributed by atoms with Gasteiger partial charge in [-0.25, -0.2) is 4.98 Å². The molecule has 2 heterocycles. The molecule has 1 atom stereocenters. The van der Waals surface area contributed by atoms with Gasteiger partial charge in [0.25, 0.3) is 5.56 Å². The number of aromatic nitrogens is 2. The third-order valence-electron chi connectivity index (χ3n) is 3.77. The van der Waals surface area contributed by atoms with Gasteiger partial charge < -0.3 is 10.0 Å². The van der Waals surface area contributed by atoms with E-state index in [1.807, 2.05) is 13.8 Å². The quantitative estimate of drug-likeness (QED) is 0.809. The lowest BCUT2D eigenvalue weighted by molar-refractivity contribution is -0.134. The highest BCUT2D eigenvalue weighted by Gasteiger charge is 2.29. The van der Waals surface area contributed by atoms with Crippen LogP contribution in [0.4, 0.5) is 0 Å². The molecule has 6 nitrogen and oxygen atoms in total. The van der Waals surface area contributed by atoms with E-state index >= 15 is 0 Å². The van der Waals surface area contributed by atoms with Crippen molar-refractivity contribution >= 4 is 17.7 Å². The van der Waals surface area contributed by atoms with E-state index in [0.29, 0.717) is 30.4 Å². The van der Waals surface area contributed by atoms with Gasteiger partial charge in [-0.05, 0) is 13.3 Å². The van der Waals surface area contributed by atoms with Crippen LogP contribution in [-0.2, 0) is 17.8 Å². The number of thioether (sulfide) groups is 1. The maximum absolute atomic E-state index is 12.5. The number of amides is 1. The van der Waals surface area contributed by atoms with E-state index in [0.717, 1.165) is 11.3 Å². The summed E-state index contributed by atoms with van der Waals surface area (Å²) in [4.78, 5) is 30.8. The van der Waals surface area contributed by atoms with Crippen LogP contribution in [0.5, 0.6) is 0 Å². The number of aliphatic hydroxyl groups is 1. The van der Waals surface area contributed by atoms with Gasteiger partial charge in [-0.1, -0.05) is 18.7 Å². The summed E-state index contributed by atoms with van der Waals surface area (Å²) in [5.74, 6) is 0.338. The summed E-state index contributed by atoms with van der Waals surface area (Å²) in [6.07, 6.45) is 0.644. The standard InChI is InChI=1S/C14H21N3O3S/c1-4-11-9(2)15-14-17(13(11)20)7-10(8-21-14)12(19)16(3)5-6-18/h10,18H,4-8H2,1-3H3. The lowest BCUT2D eigenvalue weighted by Gasteiger charge is -2.28. The number of carbonyl (C=O) groups is 1. The summed E-state index contributed by atoms with van der Waals surface area (Å²) in [6.45, 7) is 4.42. The van der Waals surface area contributed by atoms with Gasteiger partial charge in [-0.15, -0.1) is 0 Å². The van der Waals surface area contributed by atoms with Crippen molar-refractivity contribution in [3.05, 3.63) is 21.6 Å². The van der Waals surface area contributed by atoms with Crippen LogP contribution in [0.1, 0.15) is 18.2 Å². The monoisotopic (exact) mass is 311 g/mol. The molecular formula is C14H21N3O3S. The van der Waals surface area contributed by atoms with Crippen LogP contribution in [0.15, 0.2) is 9.95 Å². The Morgan fingerprint density at radius 3 is 2.90 bits per heavy atom. The summed E-state index contributed by atoms with van der Waals surface area (Å²) in [6, 6.07) is 0. The first-order valence-electron chi connectivity index (χ1n) is 7.08. The molecule has 0 fully saturated rings. The number of carbonyl (C=O) groups excluding carboxylic acids is 1. The van der Waals surface area contributed by atoms with Gasteiger partial charge in [0.15, 0.2) is 5.16 Å². The third kappa shape index (κ3) is 3.13. The summed E-state index contributed by atoms with van der Waals surface area (Å²) in [7, 11) is 1.67. The molecular weight excluding hydrogens is 290 g/mol. The molecule has 7 heteroatoms. The summed E-state index contributed by atoms with van der Waals surface area (Å²) in [5, 5.41) is 9.62. The van der Waals surface area contributed by atoms with E-state index in [1.54, 1.807) is 11.6 Å². The van der Waals surface area contributed by atoms with E-state index in [-0.39, 0.29) is 24.0 Å². The van der Waals surface area contributed by atoms with Crippen LogP contribution in [0, 0.1) is 12.8 Å². The topological polar surface area (TPSA) is 75.4 Å². The predicted molar refractivity (Wildman–Crippen MR) is 81.5 cm³/mol. The van der Waals surface area contributed by atoms with Gasteiger partial charge in [0, 0.05) is 37.1 Å². The van der Waals surface area contributed by atoms with Crippen LogP contribution in [0.2, 0.25) is 0 Å². The molecule has 0 aliphatic carbocycles. The van der Waals surface area contributed by atoms with Gasteiger partial charge in [0.05, 0.1) is 12.5 Å². The van der Waals surface area contributed by atoms with Crippen molar-refractivity contribution in [1.29, 1.82) is 0 Å². The molecule has 0 spiro atoms. The molecule has 1 amide bonds. The molecule has 1 aromatic heterocycles. The maximum Gasteiger partial charge on any atom is 0.257 e. The van der Waals surface area contributed by atoms with E-state index in [1.165, 1.54) is 16.7 Å². The fourth-order valence-electron chi connectivity index (χ4n) is 2.52. The first kappa shape index (κ1) is 16.0. The zero-order valence-electron chi connectivity index (χ0n) is 12.6. The molecule has 21 heavy (non-hydrogen) atoms. The minimum Gasteiger partial charge on any atom is -0.395 e. The van der Waals surface area contributed by atoms with Gasteiger partial charge >= 0.3 is 0 Å². The number of likely N-dealkylation sites (N-methyl/N-ethyl adjacent to an activating group) is 1. The minimum absolute atomic E-state index is 0.0326. The minimum atomic E-state index is -0.244. The second-order valence-electron chi connectivity index (χ2n) is 5.22. The molecule has 116 valence electrons. The fourth-order valence-corrected chi connectivity index (χ4v) is 3.64. The summed E-state index contributed by atoms with van der Waals surface area (Å²) in [5.41, 5.74) is 1.47. The van der Waals surface area contributed by atoms with Gasteiger partial charge in [0.1, 0.15) is 0 Å². The molecule has 0 saturated carbocycles. The average molecular weight is 311 g/mol. The molecule has 0 bridgehead atoms. The van der Waals surface area contributed by atoms with E-state index in [4.69, 9.17) is 5.11 Å². The number of hydrogen-bond donors (Lipinski definition) is 1. The number of fused-ring (bicyclic) bond motifs is 1. The average Bonchev–Trinajstić information content (AvgIpc) is 2.47. The highest BCUT2D eigenvalue weighted by atomic mass is 32.2. The Morgan fingerprint density at radius 2 is 2.29 bits per heavy atom. The number of aryl methyl sites for hydroxylation is 1. The predicted octanol–water partition coefficient (Wildman–Crippen LogP) is 0.287. The lowest BCUT2D eigenvalue weighted by atomic mass is 10.1.